The molecule has 5 heteroatoms. The molecule has 0 aromatic carbocycles. The van der Waals surface area contributed by atoms with Gasteiger partial charge >= 0.3 is 5.97 Å². The Hall–Kier alpha value is -0.650. The van der Waals surface area contributed by atoms with Crippen molar-refractivity contribution in [3.63, 3.8) is 0 Å². The Morgan fingerprint density at radius 1 is 1.00 bits per heavy atom. The Kier molecular flexibility index (Phi) is 8.97. The van der Waals surface area contributed by atoms with Gasteiger partial charge in [-0.15, -0.1) is 0 Å². The van der Waals surface area contributed by atoms with Crippen LogP contribution in [-0.4, -0.2) is 53.2 Å². The van der Waals surface area contributed by atoms with E-state index in [1.54, 1.807) is 14.2 Å². The van der Waals surface area contributed by atoms with Gasteiger partial charge in [-0.3, -0.25) is 0 Å². The highest BCUT2D eigenvalue weighted by molar-refractivity contribution is 5.70. The molecule has 0 aliphatic carbocycles. The molecule has 0 radical (unpaired) electrons. The Bertz CT molecular complexity index is 126. The molecule has 0 saturated heterocycles. The highest BCUT2D eigenvalue weighted by Crippen LogP contribution is 1.82. The summed E-state index contributed by atoms with van der Waals surface area (Å²) >= 11 is 0. The number of rotatable bonds is 8. The predicted octanol–water partition coefficient (Wildman–Crippen LogP) is -0.161. The van der Waals surface area contributed by atoms with Crippen molar-refractivity contribution in [1.82, 2.24) is 0 Å². The lowest BCUT2D eigenvalue weighted by molar-refractivity contribution is -0.150. The minimum Gasteiger partial charge on any atom is -0.462 e. The predicted molar refractivity (Wildman–Crippen MR) is 45.5 cm³/mol. The second-order valence-electron chi connectivity index (χ2n) is 2.26. The van der Waals surface area contributed by atoms with Crippen molar-refractivity contribution in [2.24, 2.45) is 0 Å². The monoisotopic (exact) mass is 192 g/mol. The van der Waals surface area contributed by atoms with Crippen LogP contribution in [0.2, 0.25) is 0 Å². The van der Waals surface area contributed by atoms with E-state index in [2.05, 4.69) is 0 Å². The van der Waals surface area contributed by atoms with Gasteiger partial charge in [0.2, 0.25) is 0 Å². The van der Waals surface area contributed by atoms with Crippen LogP contribution in [0, 0.1) is 0 Å². The van der Waals surface area contributed by atoms with Crippen LogP contribution in [0.15, 0.2) is 0 Å². The molecule has 13 heavy (non-hydrogen) atoms. The van der Waals surface area contributed by atoms with E-state index in [4.69, 9.17) is 18.9 Å². The maximum absolute atomic E-state index is 10.8. The van der Waals surface area contributed by atoms with Gasteiger partial charge in [-0.1, -0.05) is 0 Å². The summed E-state index contributed by atoms with van der Waals surface area (Å²) in [6.45, 7) is 1.51. The molecular formula is C8H16O5. The molecule has 0 fully saturated rings. The largest absolute Gasteiger partial charge is 0.462 e. The van der Waals surface area contributed by atoms with E-state index in [1.807, 2.05) is 0 Å². The lowest BCUT2D eigenvalue weighted by Crippen LogP contribution is -2.16. The molecule has 0 N–H and O–H groups in total. The molecule has 0 aliphatic heterocycles. The average molecular weight is 192 g/mol. The summed E-state index contributed by atoms with van der Waals surface area (Å²) < 4.78 is 19.1. The summed E-state index contributed by atoms with van der Waals surface area (Å²) in [5.41, 5.74) is 0. The number of carbonyl (C=O) groups excluding carboxylic acids is 1. The summed E-state index contributed by atoms with van der Waals surface area (Å²) in [5.74, 6) is -0.381. The highest BCUT2D eigenvalue weighted by Gasteiger charge is 2.01. The third-order valence-corrected chi connectivity index (χ3v) is 1.20. The van der Waals surface area contributed by atoms with Crippen LogP contribution in [-0.2, 0) is 23.7 Å². The Morgan fingerprint density at radius 2 is 1.62 bits per heavy atom. The van der Waals surface area contributed by atoms with Gasteiger partial charge in [0, 0.05) is 14.2 Å². The molecule has 0 amide bonds. The fourth-order valence-corrected chi connectivity index (χ4v) is 0.578. The molecule has 5 nitrogen and oxygen atoms in total. The summed E-state index contributed by atoms with van der Waals surface area (Å²) in [5, 5.41) is 0. The molecule has 0 aromatic heterocycles. The van der Waals surface area contributed by atoms with Crippen molar-refractivity contribution in [3.8, 4) is 0 Å². The third kappa shape index (κ3) is 9.26. The Labute approximate surface area is 77.9 Å². The maximum atomic E-state index is 10.8. The van der Waals surface area contributed by atoms with E-state index in [9.17, 15) is 4.79 Å². The quantitative estimate of drug-likeness (QED) is 0.395. The van der Waals surface area contributed by atoms with Crippen LogP contribution in [0.25, 0.3) is 0 Å². The van der Waals surface area contributed by atoms with Gasteiger partial charge in [-0.05, 0) is 0 Å². The number of ether oxygens (including phenoxy) is 4. The smallest absolute Gasteiger partial charge is 0.332 e. The Morgan fingerprint density at radius 3 is 2.23 bits per heavy atom. The van der Waals surface area contributed by atoms with Gasteiger partial charge < -0.3 is 18.9 Å². The van der Waals surface area contributed by atoms with Crippen molar-refractivity contribution in [1.29, 1.82) is 0 Å². The molecule has 0 aromatic rings. The summed E-state index contributed by atoms with van der Waals surface area (Å²) in [6.07, 6.45) is 0. The van der Waals surface area contributed by atoms with Crippen molar-refractivity contribution < 1.29 is 23.7 Å². The number of methoxy groups -OCH3 is 2. The lowest BCUT2D eigenvalue weighted by atomic mass is 10.7. The second kappa shape index (κ2) is 9.44. The number of hydrogen-bond acceptors (Lipinski definition) is 5. The first-order valence-electron chi connectivity index (χ1n) is 4.02. The third-order valence-electron chi connectivity index (χ3n) is 1.20. The summed E-state index contributed by atoms with van der Waals surface area (Å²) in [6, 6.07) is 0. The number of carbonyl (C=O) groups is 1. The topological polar surface area (TPSA) is 54.0 Å². The maximum Gasteiger partial charge on any atom is 0.332 e. The van der Waals surface area contributed by atoms with Crippen molar-refractivity contribution >= 4 is 5.97 Å². The SMILES string of the molecule is COCCOCC(=O)OCCOC. The van der Waals surface area contributed by atoms with Gasteiger partial charge in [-0.2, -0.15) is 0 Å². The zero-order valence-electron chi connectivity index (χ0n) is 8.08. The minimum absolute atomic E-state index is 0.0346. The lowest BCUT2D eigenvalue weighted by Gasteiger charge is -2.04. The molecule has 0 rings (SSSR count). The molecule has 0 saturated carbocycles. The molecular weight excluding hydrogens is 176 g/mol. The second-order valence-corrected chi connectivity index (χ2v) is 2.26. The Balaban J connectivity index is 3.11. The van der Waals surface area contributed by atoms with Gasteiger partial charge in [0.05, 0.1) is 19.8 Å². The molecule has 0 spiro atoms. The van der Waals surface area contributed by atoms with Crippen molar-refractivity contribution in [2.45, 2.75) is 0 Å². The minimum atomic E-state index is -0.381. The zero-order valence-corrected chi connectivity index (χ0v) is 8.08. The fraction of sp³-hybridized carbons (Fsp3) is 0.875. The summed E-state index contributed by atoms with van der Waals surface area (Å²) in [4.78, 5) is 10.8. The molecule has 78 valence electrons. The molecule has 0 heterocycles. The molecule has 0 bridgehead atoms. The fourth-order valence-electron chi connectivity index (χ4n) is 0.578. The van der Waals surface area contributed by atoms with Gasteiger partial charge in [0.25, 0.3) is 0 Å². The van der Waals surface area contributed by atoms with Crippen LogP contribution >= 0.6 is 0 Å². The van der Waals surface area contributed by atoms with Gasteiger partial charge in [0.1, 0.15) is 13.2 Å². The van der Waals surface area contributed by atoms with Crippen molar-refractivity contribution in [2.75, 3.05) is 47.3 Å². The molecule has 0 unspecified atom stereocenters. The van der Waals surface area contributed by atoms with E-state index < -0.39 is 0 Å². The first-order chi connectivity index (χ1) is 6.31. The van der Waals surface area contributed by atoms with Crippen LogP contribution in [0.4, 0.5) is 0 Å². The van der Waals surface area contributed by atoms with E-state index in [0.717, 1.165) is 0 Å². The normalized spacial score (nSPS) is 10.0. The highest BCUT2D eigenvalue weighted by atomic mass is 16.6. The van der Waals surface area contributed by atoms with E-state index in [0.29, 0.717) is 19.8 Å². The first kappa shape index (κ1) is 12.3. The van der Waals surface area contributed by atoms with Gasteiger partial charge in [0.15, 0.2) is 0 Å². The van der Waals surface area contributed by atoms with Gasteiger partial charge in [-0.25, -0.2) is 4.79 Å². The average Bonchev–Trinajstić information content (AvgIpc) is 2.13. The molecule has 0 atom stereocenters. The summed E-state index contributed by atoms with van der Waals surface area (Å²) in [7, 11) is 3.11. The van der Waals surface area contributed by atoms with Crippen LogP contribution in [0.3, 0.4) is 0 Å². The van der Waals surface area contributed by atoms with Crippen LogP contribution in [0.5, 0.6) is 0 Å². The van der Waals surface area contributed by atoms with E-state index in [1.165, 1.54) is 0 Å². The standard InChI is InChI=1S/C8H16O5/c1-10-3-5-12-7-8(9)13-6-4-11-2/h3-7H2,1-2H3. The number of esters is 1. The number of hydrogen-bond donors (Lipinski definition) is 0. The zero-order chi connectivity index (χ0) is 9.94. The van der Waals surface area contributed by atoms with E-state index >= 15 is 0 Å². The molecule has 0 aliphatic rings. The van der Waals surface area contributed by atoms with Crippen molar-refractivity contribution in [3.05, 3.63) is 0 Å². The van der Waals surface area contributed by atoms with Crippen LogP contribution < -0.4 is 0 Å². The van der Waals surface area contributed by atoms with Crippen LogP contribution in [0.1, 0.15) is 0 Å². The first-order valence-corrected chi connectivity index (χ1v) is 4.02. The van der Waals surface area contributed by atoms with E-state index in [-0.39, 0.29) is 19.2 Å².